The molecule has 0 aromatic heterocycles. The van der Waals surface area contributed by atoms with Gasteiger partial charge in [0.2, 0.25) is 0 Å². The lowest BCUT2D eigenvalue weighted by molar-refractivity contribution is -0.147. The largest absolute Gasteiger partial charge is 0.372 e. The van der Waals surface area contributed by atoms with Gasteiger partial charge < -0.3 is 14.6 Å². The molecule has 88 valence electrons. The molecule has 0 spiro atoms. The van der Waals surface area contributed by atoms with Gasteiger partial charge in [-0.1, -0.05) is 25.7 Å². The molecule has 0 aliphatic heterocycles. The summed E-state index contributed by atoms with van der Waals surface area (Å²) in [6, 6.07) is 0. The van der Waals surface area contributed by atoms with Crippen LogP contribution in [0.1, 0.15) is 51.4 Å². The van der Waals surface area contributed by atoms with E-state index in [0.29, 0.717) is 6.10 Å². The van der Waals surface area contributed by atoms with E-state index in [1.807, 2.05) is 0 Å². The zero-order valence-corrected chi connectivity index (χ0v) is 9.36. The number of hydrogen-bond acceptors (Lipinski definition) is 3. The molecule has 0 radical (unpaired) electrons. The van der Waals surface area contributed by atoms with Gasteiger partial charge in [-0.2, -0.15) is 0 Å². The van der Waals surface area contributed by atoms with Crippen LogP contribution in [0.4, 0.5) is 0 Å². The highest BCUT2D eigenvalue weighted by molar-refractivity contribution is 4.79. The van der Waals surface area contributed by atoms with Gasteiger partial charge in [-0.15, -0.1) is 0 Å². The van der Waals surface area contributed by atoms with Crippen molar-refractivity contribution < 1.29 is 14.6 Å². The Morgan fingerprint density at radius 1 is 0.867 bits per heavy atom. The van der Waals surface area contributed by atoms with E-state index in [-0.39, 0.29) is 19.0 Å². The van der Waals surface area contributed by atoms with E-state index in [9.17, 15) is 0 Å². The Balaban J connectivity index is 1.80. The third kappa shape index (κ3) is 3.16. The smallest absolute Gasteiger partial charge is 0.144 e. The molecule has 0 bridgehead atoms. The molecular formula is C12H22O3. The van der Waals surface area contributed by atoms with Crippen molar-refractivity contribution in [3.8, 4) is 0 Å². The fourth-order valence-electron chi connectivity index (χ4n) is 2.78. The Morgan fingerprint density at radius 3 is 2.13 bits per heavy atom. The topological polar surface area (TPSA) is 38.7 Å². The average Bonchev–Trinajstić information content (AvgIpc) is 2.74. The number of rotatable bonds is 4. The van der Waals surface area contributed by atoms with Gasteiger partial charge >= 0.3 is 0 Å². The first-order valence-corrected chi connectivity index (χ1v) is 6.28. The van der Waals surface area contributed by atoms with Crippen molar-refractivity contribution in [3.05, 3.63) is 0 Å². The first-order chi connectivity index (χ1) is 7.40. The Kier molecular flexibility index (Phi) is 4.42. The lowest BCUT2D eigenvalue weighted by atomic mass is 9.94. The van der Waals surface area contributed by atoms with Crippen molar-refractivity contribution in [1.82, 2.24) is 0 Å². The molecule has 1 N–H and O–H groups in total. The van der Waals surface area contributed by atoms with E-state index >= 15 is 0 Å². The van der Waals surface area contributed by atoms with Gasteiger partial charge in [0.15, 0.2) is 0 Å². The zero-order chi connectivity index (χ0) is 10.5. The summed E-state index contributed by atoms with van der Waals surface area (Å²) in [7, 11) is 0. The van der Waals surface area contributed by atoms with Crippen LogP contribution in [0.3, 0.4) is 0 Å². The lowest BCUT2D eigenvalue weighted by Crippen LogP contribution is -2.37. The molecule has 2 aliphatic carbocycles. The number of ether oxygens (including phenoxy) is 2. The van der Waals surface area contributed by atoms with Crippen LogP contribution in [0.5, 0.6) is 0 Å². The first-order valence-electron chi connectivity index (χ1n) is 6.28. The molecule has 2 aliphatic rings. The SMILES string of the molecule is OCOC1CCCCC1OC1CCCC1. The van der Waals surface area contributed by atoms with Crippen molar-refractivity contribution in [2.45, 2.75) is 69.7 Å². The molecule has 15 heavy (non-hydrogen) atoms. The van der Waals surface area contributed by atoms with E-state index < -0.39 is 0 Å². The van der Waals surface area contributed by atoms with Crippen LogP contribution in [0, 0.1) is 0 Å². The molecule has 3 heteroatoms. The second-order valence-corrected chi connectivity index (χ2v) is 4.70. The molecular weight excluding hydrogens is 192 g/mol. The summed E-state index contributed by atoms with van der Waals surface area (Å²) < 4.78 is 11.4. The molecule has 2 fully saturated rings. The van der Waals surface area contributed by atoms with Crippen LogP contribution in [-0.2, 0) is 9.47 Å². The maximum atomic E-state index is 8.82. The van der Waals surface area contributed by atoms with Crippen LogP contribution in [-0.4, -0.2) is 30.2 Å². The number of aliphatic hydroxyl groups excluding tert-OH is 1. The molecule has 2 saturated carbocycles. The molecule has 0 saturated heterocycles. The standard InChI is InChI=1S/C12H22O3/c13-9-14-11-7-3-4-8-12(11)15-10-5-1-2-6-10/h10-13H,1-9H2. The summed E-state index contributed by atoms with van der Waals surface area (Å²) in [5.41, 5.74) is 0. The van der Waals surface area contributed by atoms with Crippen LogP contribution < -0.4 is 0 Å². The van der Waals surface area contributed by atoms with E-state index in [1.54, 1.807) is 0 Å². The first kappa shape index (κ1) is 11.4. The van der Waals surface area contributed by atoms with E-state index in [1.165, 1.54) is 38.5 Å². The van der Waals surface area contributed by atoms with E-state index in [2.05, 4.69) is 0 Å². The summed E-state index contributed by atoms with van der Waals surface area (Å²) in [4.78, 5) is 0. The fraction of sp³-hybridized carbons (Fsp3) is 1.00. The molecule has 0 amide bonds. The summed E-state index contributed by atoms with van der Waals surface area (Å²) in [6.07, 6.45) is 10.4. The Labute approximate surface area is 91.8 Å². The highest BCUT2D eigenvalue weighted by Gasteiger charge is 2.29. The second-order valence-electron chi connectivity index (χ2n) is 4.70. The van der Waals surface area contributed by atoms with Gasteiger partial charge in [0.05, 0.1) is 18.3 Å². The lowest BCUT2D eigenvalue weighted by Gasteiger charge is -2.32. The van der Waals surface area contributed by atoms with Gasteiger partial charge in [0.25, 0.3) is 0 Å². The van der Waals surface area contributed by atoms with Crippen molar-refractivity contribution >= 4 is 0 Å². The third-order valence-corrected chi connectivity index (χ3v) is 3.60. The van der Waals surface area contributed by atoms with Crippen LogP contribution >= 0.6 is 0 Å². The van der Waals surface area contributed by atoms with Gasteiger partial charge in [0, 0.05) is 0 Å². The van der Waals surface area contributed by atoms with Gasteiger partial charge in [0.1, 0.15) is 6.79 Å². The molecule has 0 aromatic rings. The van der Waals surface area contributed by atoms with E-state index in [0.717, 1.165) is 12.8 Å². The molecule has 0 aromatic carbocycles. The minimum Gasteiger partial charge on any atom is -0.372 e. The normalized spacial score (nSPS) is 33.4. The number of hydrogen-bond donors (Lipinski definition) is 1. The van der Waals surface area contributed by atoms with Gasteiger partial charge in [-0.3, -0.25) is 0 Å². The molecule has 2 unspecified atom stereocenters. The predicted octanol–water partition coefficient (Wildman–Crippen LogP) is 2.22. The highest BCUT2D eigenvalue weighted by Crippen LogP contribution is 2.29. The van der Waals surface area contributed by atoms with Crippen molar-refractivity contribution in [2.24, 2.45) is 0 Å². The van der Waals surface area contributed by atoms with Crippen molar-refractivity contribution in [2.75, 3.05) is 6.79 Å². The molecule has 3 nitrogen and oxygen atoms in total. The Bertz CT molecular complexity index is 176. The fourth-order valence-corrected chi connectivity index (χ4v) is 2.78. The summed E-state index contributed by atoms with van der Waals surface area (Å²) in [5.74, 6) is 0. The maximum Gasteiger partial charge on any atom is 0.144 e. The third-order valence-electron chi connectivity index (χ3n) is 3.60. The second kappa shape index (κ2) is 5.83. The van der Waals surface area contributed by atoms with Crippen LogP contribution in [0.15, 0.2) is 0 Å². The monoisotopic (exact) mass is 214 g/mol. The predicted molar refractivity (Wildman–Crippen MR) is 57.6 cm³/mol. The summed E-state index contributed by atoms with van der Waals surface area (Å²) in [5, 5.41) is 8.82. The van der Waals surface area contributed by atoms with Gasteiger partial charge in [-0.05, 0) is 25.7 Å². The van der Waals surface area contributed by atoms with Crippen molar-refractivity contribution in [3.63, 3.8) is 0 Å². The van der Waals surface area contributed by atoms with Crippen LogP contribution in [0.2, 0.25) is 0 Å². The summed E-state index contributed by atoms with van der Waals surface area (Å²) in [6.45, 7) is -0.171. The molecule has 0 heterocycles. The van der Waals surface area contributed by atoms with Gasteiger partial charge in [-0.25, -0.2) is 0 Å². The summed E-state index contributed by atoms with van der Waals surface area (Å²) >= 11 is 0. The average molecular weight is 214 g/mol. The minimum atomic E-state index is -0.171. The van der Waals surface area contributed by atoms with Crippen molar-refractivity contribution in [1.29, 1.82) is 0 Å². The van der Waals surface area contributed by atoms with E-state index in [4.69, 9.17) is 14.6 Å². The minimum absolute atomic E-state index is 0.129. The zero-order valence-electron chi connectivity index (χ0n) is 9.36. The Hall–Kier alpha value is -0.120. The molecule has 2 rings (SSSR count). The quantitative estimate of drug-likeness (QED) is 0.729. The molecule has 2 atom stereocenters. The maximum absolute atomic E-state index is 8.82. The van der Waals surface area contributed by atoms with Crippen LogP contribution in [0.25, 0.3) is 0 Å². The highest BCUT2D eigenvalue weighted by atomic mass is 16.6. The Morgan fingerprint density at radius 2 is 1.47 bits per heavy atom. The number of aliphatic hydroxyl groups is 1.